The second kappa shape index (κ2) is 4.94. The molecular weight excluding hydrogens is 242 g/mol. The number of hydrogen-bond donors (Lipinski definition) is 2. The van der Waals surface area contributed by atoms with Crippen LogP contribution in [-0.2, 0) is 4.74 Å². The first-order chi connectivity index (χ1) is 8.08. The molecule has 1 heterocycles. The average Bonchev–Trinajstić information content (AvgIpc) is 2.67. The predicted molar refractivity (Wildman–Crippen MR) is 65.9 cm³/mol. The number of carboxylic acid groups (broad SMARTS) is 1. The van der Waals surface area contributed by atoms with Crippen LogP contribution in [0.15, 0.2) is 18.2 Å². The zero-order valence-corrected chi connectivity index (χ0v) is 10.2. The van der Waals surface area contributed by atoms with Gasteiger partial charge in [-0.1, -0.05) is 11.6 Å². The van der Waals surface area contributed by atoms with Crippen LogP contribution < -0.4 is 5.32 Å². The molecule has 1 aliphatic heterocycles. The highest BCUT2D eigenvalue weighted by Gasteiger charge is 2.24. The summed E-state index contributed by atoms with van der Waals surface area (Å²) in [6.07, 6.45) is 1.07. The van der Waals surface area contributed by atoms with E-state index in [0.29, 0.717) is 5.02 Å². The monoisotopic (exact) mass is 255 g/mol. The minimum Gasteiger partial charge on any atom is -0.478 e. The van der Waals surface area contributed by atoms with Gasteiger partial charge < -0.3 is 15.2 Å². The third kappa shape index (κ3) is 2.70. The number of anilines is 1. The molecular formula is C12H14ClNO3. The van der Waals surface area contributed by atoms with Crippen LogP contribution in [0.4, 0.5) is 5.69 Å². The normalized spacial score (nSPS) is 23.6. The molecule has 1 fully saturated rings. The van der Waals surface area contributed by atoms with Gasteiger partial charge in [-0.25, -0.2) is 4.79 Å². The minimum absolute atomic E-state index is 0.144. The molecule has 2 unspecified atom stereocenters. The van der Waals surface area contributed by atoms with Gasteiger partial charge in [0.2, 0.25) is 0 Å². The third-order valence-electron chi connectivity index (χ3n) is 2.93. The summed E-state index contributed by atoms with van der Waals surface area (Å²) in [5.41, 5.74) is 0.940. The first kappa shape index (κ1) is 12.2. The van der Waals surface area contributed by atoms with Gasteiger partial charge in [0, 0.05) is 6.61 Å². The lowest BCUT2D eigenvalue weighted by atomic mass is 10.1. The summed E-state index contributed by atoms with van der Waals surface area (Å²) in [5, 5.41) is 12.5. The van der Waals surface area contributed by atoms with Crippen LogP contribution in [0.5, 0.6) is 0 Å². The van der Waals surface area contributed by atoms with Crippen LogP contribution in [0.2, 0.25) is 5.02 Å². The molecule has 1 aliphatic rings. The van der Waals surface area contributed by atoms with Crippen LogP contribution in [0.1, 0.15) is 23.7 Å². The molecule has 1 aromatic rings. The smallest absolute Gasteiger partial charge is 0.335 e. The number of hydrogen-bond acceptors (Lipinski definition) is 3. The molecule has 0 bridgehead atoms. The van der Waals surface area contributed by atoms with Crippen LogP contribution >= 0.6 is 11.6 Å². The Kier molecular flexibility index (Phi) is 3.54. The summed E-state index contributed by atoms with van der Waals surface area (Å²) in [6, 6.07) is 4.91. The molecule has 2 rings (SSSR count). The second-order valence-electron chi connectivity index (χ2n) is 4.12. The number of ether oxygens (including phenoxy) is 1. The molecule has 0 spiro atoms. The van der Waals surface area contributed by atoms with E-state index in [2.05, 4.69) is 5.32 Å². The number of rotatable bonds is 3. The number of nitrogens with one attached hydrogen (secondary N) is 1. The van der Waals surface area contributed by atoms with E-state index in [1.165, 1.54) is 12.1 Å². The highest BCUT2D eigenvalue weighted by atomic mass is 35.5. The van der Waals surface area contributed by atoms with Gasteiger partial charge in [0.25, 0.3) is 0 Å². The lowest BCUT2D eigenvalue weighted by Crippen LogP contribution is -2.26. The van der Waals surface area contributed by atoms with Gasteiger partial charge in [-0.05, 0) is 31.5 Å². The number of aromatic carboxylic acids is 1. The molecule has 0 saturated carbocycles. The first-order valence-electron chi connectivity index (χ1n) is 5.49. The summed E-state index contributed by atoms with van der Waals surface area (Å²) in [4.78, 5) is 10.8. The molecule has 4 nitrogen and oxygen atoms in total. The standard InChI is InChI=1S/C12H14ClNO3/c1-7-10(4-5-17-7)14-11-3-2-8(12(15)16)6-9(11)13/h2-3,6-7,10,14H,4-5H2,1H3,(H,15,16). The van der Waals surface area contributed by atoms with Crippen LogP contribution in [0, 0.1) is 0 Å². The number of benzene rings is 1. The summed E-state index contributed by atoms with van der Waals surface area (Å²) in [5.74, 6) is -0.976. The first-order valence-corrected chi connectivity index (χ1v) is 5.86. The minimum atomic E-state index is -0.976. The Balaban J connectivity index is 2.14. The van der Waals surface area contributed by atoms with Gasteiger partial charge in [-0.15, -0.1) is 0 Å². The highest BCUT2D eigenvalue weighted by Crippen LogP contribution is 2.26. The van der Waals surface area contributed by atoms with Crippen molar-refractivity contribution in [3.8, 4) is 0 Å². The summed E-state index contributed by atoms with van der Waals surface area (Å²) in [6.45, 7) is 2.74. The van der Waals surface area contributed by atoms with E-state index >= 15 is 0 Å². The highest BCUT2D eigenvalue weighted by molar-refractivity contribution is 6.33. The van der Waals surface area contributed by atoms with Gasteiger partial charge in [-0.2, -0.15) is 0 Å². The zero-order chi connectivity index (χ0) is 12.4. The molecule has 0 radical (unpaired) electrons. The summed E-state index contributed by atoms with van der Waals surface area (Å²) < 4.78 is 5.44. The lowest BCUT2D eigenvalue weighted by molar-refractivity contribution is 0.0697. The van der Waals surface area contributed by atoms with E-state index in [1.54, 1.807) is 6.07 Å². The fourth-order valence-corrected chi connectivity index (χ4v) is 2.12. The number of carboxylic acids is 1. The average molecular weight is 256 g/mol. The largest absolute Gasteiger partial charge is 0.478 e. The topological polar surface area (TPSA) is 58.6 Å². The van der Waals surface area contributed by atoms with Gasteiger partial charge >= 0.3 is 5.97 Å². The van der Waals surface area contributed by atoms with Crippen LogP contribution in [0.3, 0.4) is 0 Å². The summed E-state index contributed by atoms with van der Waals surface area (Å²) in [7, 11) is 0. The maximum Gasteiger partial charge on any atom is 0.335 e. The molecule has 92 valence electrons. The van der Waals surface area contributed by atoms with E-state index in [-0.39, 0.29) is 17.7 Å². The van der Waals surface area contributed by atoms with E-state index in [1.807, 2.05) is 6.92 Å². The van der Waals surface area contributed by atoms with Crippen LogP contribution in [-0.4, -0.2) is 29.8 Å². The zero-order valence-electron chi connectivity index (χ0n) is 9.44. The van der Waals surface area contributed by atoms with Crippen molar-refractivity contribution in [2.45, 2.75) is 25.5 Å². The molecule has 2 atom stereocenters. The Morgan fingerprint density at radius 3 is 2.88 bits per heavy atom. The Labute approximate surface area is 105 Å². The van der Waals surface area contributed by atoms with Crippen molar-refractivity contribution < 1.29 is 14.6 Å². The Morgan fingerprint density at radius 2 is 2.35 bits per heavy atom. The quantitative estimate of drug-likeness (QED) is 0.872. The maximum absolute atomic E-state index is 10.8. The molecule has 17 heavy (non-hydrogen) atoms. The molecule has 5 heteroatoms. The van der Waals surface area contributed by atoms with Crippen molar-refractivity contribution in [3.05, 3.63) is 28.8 Å². The van der Waals surface area contributed by atoms with Crippen molar-refractivity contribution in [3.63, 3.8) is 0 Å². The van der Waals surface area contributed by atoms with Crippen molar-refractivity contribution in [2.75, 3.05) is 11.9 Å². The molecule has 0 aromatic heterocycles. The third-order valence-corrected chi connectivity index (χ3v) is 3.25. The van der Waals surface area contributed by atoms with Crippen molar-refractivity contribution in [2.24, 2.45) is 0 Å². The lowest BCUT2D eigenvalue weighted by Gasteiger charge is -2.18. The van der Waals surface area contributed by atoms with E-state index < -0.39 is 5.97 Å². The van der Waals surface area contributed by atoms with Crippen LogP contribution in [0.25, 0.3) is 0 Å². The molecule has 0 amide bonds. The van der Waals surface area contributed by atoms with Crippen molar-refractivity contribution in [1.82, 2.24) is 0 Å². The van der Waals surface area contributed by atoms with Gasteiger partial charge in [0.15, 0.2) is 0 Å². The fraction of sp³-hybridized carbons (Fsp3) is 0.417. The Bertz CT molecular complexity index is 436. The van der Waals surface area contributed by atoms with Gasteiger partial charge in [-0.3, -0.25) is 0 Å². The Morgan fingerprint density at radius 1 is 1.59 bits per heavy atom. The molecule has 0 aliphatic carbocycles. The molecule has 2 N–H and O–H groups in total. The van der Waals surface area contributed by atoms with Crippen molar-refractivity contribution >= 4 is 23.3 Å². The van der Waals surface area contributed by atoms with Gasteiger partial charge in [0.05, 0.1) is 28.4 Å². The SMILES string of the molecule is CC1OCCC1Nc1ccc(C(=O)O)cc1Cl. The summed E-state index contributed by atoms with van der Waals surface area (Å²) >= 11 is 6.03. The van der Waals surface area contributed by atoms with E-state index in [9.17, 15) is 4.79 Å². The second-order valence-corrected chi connectivity index (χ2v) is 4.52. The molecule has 1 aromatic carbocycles. The fourth-order valence-electron chi connectivity index (χ4n) is 1.89. The number of carbonyl (C=O) groups is 1. The number of halogens is 1. The van der Waals surface area contributed by atoms with E-state index in [4.69, 9.17) is 21.4 Å². The van der Waals surface area contributed by atoms with Gasteiger partial charge in [0.1, 0.15) is 0 Å². The molecule has 1 saturated heterocycles. The maximum atomic E-state index is 10.8. The predicted octanol–water partition coefficient (Wildman–Crippen LogP) is 2.63. The Hall–Kier alpha value is -1.26. The van der Waals surface area contributed by atoms with Crippen molar-refractivity contribution in [1.29, 1.82) is 0 Å². The van der Waals surface area contributed by atoms with E-state index in [0.717, 1.165) is 18.7 Å².